The van der Waals surface area contributed by atoms with Crippen LogP contribution < -0.4 is 10.1 Å². The Labute approximate surface area is 120 Å². The molecule has 106 valence electrons. The molecule has 2 N–H and O–H groups in total. The van der Waals surface area contributed by atoms with Crippen LogP contribution in [-0.2, 0) is 13.2 Å². The van der Waals surface area contributed by atoms with Crippen molar-refractivity contribution in [1.29, 1.82) is 0 Å². The summed E-state index contributed by atoms with van der Waals surface area (Å²) in [6, 6.07) is 16.2. The third-order valence-electron chi connectivity index (χ3n) is 3.22. The Morgan fingerprint density at radius 3 is 2.45 bits per heavy atom. The molecule has 3 nitrogen and oxygen atoms in total. The molecule has 0 fully saturated rings. The summed E-state index contributed by atoms with van der Waals surface area (Å²) in [5, 5.41) is 12.0. The van der Waals surface area contributed by atoms with Gasteiger partial charge in [-0.2, -0.15) is 0 Å². The molecule has 2 rings (SSSR count). The Bertz CT molecular complexity index is 540. The van der Waals surface area contributed by atoms with Gasteiger partial charge in [0.1, 0.15) is 12.4 Å². The zero-order valence-electron chi connectivity index (χ0n) is 11.8. The summed E-state index contributed by atoms with van der Waals surface area (Å²) in [6.45, 7) is 4.10. The van der Waals surface area contributed by atoms with Crippen molar-refractivity contribution in [2.24, 2.45) is 0 Å². The molecule has 0 aliphatic carbocycles. The number of ether oxygens (including phenoxy) is 1. The highest BCUT2D eigenvalue weighted by Crippen LogP contribution is 2.20. The average Bonchev–Trinajstić information content (AvgIpc) is 2.48. The van der Waals surface area contributed by atoms with Crippen LogP contribution in [-0.4, -0.2) is 18.3 Å². The highest BCUT2D eigenvalue weighted by atomic mass is 16.5. The number of para-hydroxylation sites is 1. The minimum atomic E-state index is 0.145. The van der Waals surface area contributed by atoms with Crippen molar-refractivity contribution in [2.45, 2.75) is 20.1 Å². The first kappa shape index (κ1) is 14.6. The standard InChI is InChI=1S/C17H21NO2/c1-14-6-2-3-8-16(14)13-20-17-9-5-4-7-15(17)12-18-10-11-19/h2-9,18-19H,10-13H2,1H3. The van der Waals surface area contributed by atoms with E-state index < -0.39 is 0 Å². The fourth-order valence-electron chi connectivity index (χ4n) is 2.02. The number of benzene rings is 2. The number of hydrogen-bond acceptors (Lipinski definition) is 3. The van der Waals surface area contributed by atoms with E-state index >= 15 is 0 Å². The highest BCUT2D eigenvalue weighted by Gasteiger charge is 2.04. The first-order chi connectivity index (χ1) is 9.81. The zero-order chi connectivity index (χ0) is 14.2. The van der Waals surface area contributed by atoms with Crippen LogP contribution >= 0.6 is 0 Å². The van der Waals surface area contributed by atoms with Crippen molar-refractivity contribution in [2.75, 3.05) is 13.2 Å². The van der Waals surface area contributed by atoms with E-state index in [1.54, 1.807) is 0 Å². The molecule has 0 saturated carbocycles. The molecule has 0 spiro atoms. The molecule has 0 aliphatic heterocycles. The topological polar surface area (TPSA) is 41.5 Å². The van der Waals surface area contributed by atoms with Gasteiger partial charge in [-0.15, -0.1) is 0 Å². The summed E-state index contributed by atoms with van der Waals surface area (Å²) in [4.78, 5) is 0. The van der Waals surface area contributed by atoms with Gasteiger partial charge in [-0.1, -0.05) is 42.5 Å². The Balaban J connectivity index is 2.00. The third-order valence-corrected chi connectivity index (χ3v) is 3.22. The molecule has 0 aliphatic rings. The van der Waals surface area contributed by atoms with Gasteiger partial charge < -0.3 is 15.2 Å². The van der Waals surface area contributed by atoms with Gasteiger partial charge >= 0.3 is 0 Å². The predicted molar refractivity (Wildman–Crippen MR) is 80.7 cm³/mol. The van der Waals surface area contributed by atoms with E-state index in [9.17, 15) is 0 Å². The van der Waals surface area contributed by atoms with Crippen LogP contribution in [0.4, 0.5) is 0 Å². The van der Waals surface area contributed by atoms with Gasteiger partial charge in [-0.05, 0) is 24.1 Å². The minimum Gasteiger partial charge on any atom is -0.489 e. The van der Waals surface area contributed by atoms with E-state index in [-0.39, 0.29) is 6.61 Å². The van der Waals surface area contributed by atoms with E-state index in [1.165, 1.54) is 11.1 Å². The molecule has 0 radical (unpaired) electrons. The van der Waals surface area contributed by atoms with Crippen LogP contribution in [0.5, 0.6) is 5.75 Å². The predicted octanol–water partition coefficient (Wildman–Crippen LogP) is 2.66. The normalized spacial score (nSPS) is 10.5. The molecular weight excluding hydrogens is 250 g/mol. The van der Waals surface area contributed by atoms with Crippen LogP contribution in [0.1, 0.15) is 16.7 Å². The van der Waals surface area contributed by atoms with E-state index in [1.807, 2.05) is 36.4 Å². The molecule has 0 amide bonds. The third kappa shape index (κ3) is 4.08. The van der Waals surface area contributed by atoms with Crippen LogP contribution in [0.2, 0.25) is 0 Å². The monoisotopic (exact) mass is 271 g/mol. The van der Waals surface area contributed by atoms with Crippen molar-refractivity contribution in [3.05, 3.63) is 65.2 Å². The lowest BCUT2D eigenvalue weighted by molar-refractivity contribution is 0.288. The lowest BCUT2D eigenvalue weighted by Gasteiger charge is -2.13. The number of aliphatic hydroxyl groups excluding tert-OH is 1. The van der Waals surface area contributed by atoms with Crippen molar-refractivity contribution in [3.63, 3.8) is 0 Å². The van der Waals surface area contributed by atoms with Gasteiger partial charge in [-0.3, -0.25) is 0 Å². The van der Waals surface area contributed by atoms with Gasteiger partial charge in [0.05, 0.1) is 6.61 Å². The molecule has 0 saturated heterocycles. The molecule has 0 bridgehead atoms. The van der Waals surface area contributed by atoms with Crippen molar-refractivity contribution in [3.8, 4) is 5.75 Å². The largest absolute Gasteiger partial charge is 0.489 e. The summed E-state index contributed by atoms with van der Waals surface area (Å²) in [5.74, 6) is 0.890. The van der Waals surface area contributed by atoms with Crippen molar-refractivity contribution in [1.82, 2.24) is 5.32 Å². The van der Waals surface area contributed by atoms with Crippen molar-refractivity contribution < 1.29 is 9.84 Å². The second kappa shape index (κ2) is 7.68. The summed E-state index contributed by atoms with van der Waals surface area (Å²) in [7, 11) is 0. The number of hydrogen-bond donors (Lipinski definition) is 2. The minimum absolute atomic E-state index is 0.145. The Morgan fingerprint density at radius 1 is 1.00 bits per heavy atom. The zero-order valence-corrected chi connectivity index (χ0v) is 11.8. The van der Waals surface area contributed by atoms with E-state index in [4.69, 9.17) is 9.84 Å². The molecule has 0 heterocycles. The van der Waals surface area contributed by atoms with Crippen LogP contribution in [0, 0.1) is 6.92 Å². The summed E-state index contributed by atoms with van der Waals surface area (Å²) in [5.41, 5.74) is 3.54. The van der Waals surface area contributed by atoms with Crippen LogP contribution in [0.25, 0.3) is 0 Å². The van der Waals surface area contributed by atoms with Gasteiger partial charge in [0, 0.05) is 18.7 Å². The second-order valence-corrected chi connectivity index (χ2v) is 4.72. The van der Waals surface area contributed by atoms with Crippen LogP contribution in [0.3, 0.4) is 0 Å². The lowest BCUT2D eigenvalue weighted by Crippen LogP contribution is -2.18. The van der Waals surface area contributed by atoms with E-state index in [2.05, 4.69) is 24.4 Å². The number of aryl methyl sites for hydroxylation is 1. The first-order valence-electron chi connectivity index (χ1n) is 6.88. The number of nitrogens with one attached hydrogen (secondary N) is 1. The average molecular weight is 271 g/mol. The van der Waals surface area contributed by atoms with Gasteiger partial charge in [0.15, 0.2) is 0 Å². The maximum atomic E-state index is 8.80. The second-order valence-electron chi connectivity index (χ2n) is 4.72. The SMILES string of the molecule is Cc1ccccc1COc1ccccc1CNCCO. The molecule has 0 unspecified atom stereocenters. The van der Waals surface area contributed by atoms with Gasteiger partial charge in [0.2, 0.25) is 0 Å². The Hall–Kier alpha value is -1.84. The molecule has 3 heteroatoms. The maximum absolute atomic E-state index is 8.80. The fourth-order valence-corrected chi connectivity index (χ4v) is 2.02. The molecule has 2 aromatic carbocycles. The first-order valence-corrected chi connectivity index (χ1v) is 6.88. The Kier molecular flexibility index (Phi) is 5.59. The maximum Gasteiger partial charge on any atom is 0.124 e. The smallest absolute Gasteiger partial charge is 0.124 e. The highest BCUT2D eigenvalue weighted by molar-refractivity contribution is 5.34. The molecule has 0 atom stereocenters. The van der Waals surface area contributed by atoms with Crippen molar-refractivity contribution >= 4 is 0 Å². The van der Waals surface area contributed by atoms with Crippen LogP contribution in [0.15, 0.2) is 48.5 Å². The molecule has 0 aromatic heterocycles. The van der Waals surface area contributed by atoms with E-state index in [0.717, 1.165) is 11.3 Å². The fraction of sp³-hybridized carbons (Fsp3) is 0.294. The lowest BCUT2D eigenvalue weighted by atomic mass is 10.1. The molecular formula is C17H21NO2. The molecule has 20 heavy (non-hydrogen) atoms. The van der Waals surface area contributed by atoms with E-state index in [0.29, 0.717) is 19.7 Å². The van der Waals surface area contributed by atoms with Gasteiger partial charge in [-0.25, -0.2) is 0 Å². The number of aliphatic hydroxyl groups is 1. The summed E-state index contributed by atoms with van der Waals surface area (Å²) in [6.07, 6.45) is 0. The van der Waals surface area contributed by atoms with Gasteiger partial charge in [0.25, 0.3) is 0 Å². The Morgan fingerprint density at radius 2 is 1.70 bits per heavy atom. The summed E-state index contributed by atoms with van der Waals surface area (Å²) >= 11 is 0. The molecule has 2 aromatic rings. The number of rotatable bonds is 7. The quantitative estimate of drug-likeness (QED) is 0.761. The summed E-state index contributed by atoms with van der Waals surface area (Å²) < 4.78 is 5.93.